The van der Waals surface area contributed by atoms with Gasteiger partial charge in [0.25, 0.3) is 0 Å². The molecule has 1 N–H and O–H groups in total. The van der Waals surface area contributed by atoms with Crippen LogP contribution < -0.4 is 5.32 Å². The van der Waals surface area contributed by atoms with Crippen LogP contribution in [0.2, 0.25) is 0 Å². The van der Waals surface area contributed by atoms with Crippen LogP contribution in [0.4, 0.5) is 0 Å². The van der Waals surface area contributed by atoms with Gasteiger partial charge < -0.3 is 10.1 Å². The van der Waals surface area contributed by atoms with Crippen LogP contribution in [0, 0.1) is 17.8 Å². The molecule has 0 aromatic heterocycles. The fourth-order valence-corrected chi connectivity index (χ4v) is 2.22. The zero-order valence-electron chi connectivity index (χ0n) is 6.83. The van der Waals surface area contributed by atoms with E-state index in [2.05, 4.69) is 17.0 Å². The molecule has 2 rings (SSSR count). The third-order valence-electron chi connectivity index (χ3n) is 3.05. The summed E-state index contributed by atoms with van der Waals surface area (Å²) in [5.74, 6) is 1.92. The van der Waals surface area contributed by atoms with Gasteiger partial charge in [0, 0.05) is 0 Å². The second-order valence-electron chi connectivity index (χ2n) is 3.51. The summed E-state index contributed by atoms with van der Waals surface area (Å²) in [6.07, 6.45) is 0. The summed E-state index contributed by atoms with van der Waals surface area (Å²) >= 11 is 0. The van der Waals surface area contributed by atoms with Gasteiger partial charge in [-0.05, 0) is 24.3 Å². The third-order valence-corrected chi connectivity index (χ3v) is 3.05. The van der Waals surface area contributed by atoms with Crippen LogP contribution in [-0.4, -0.2) is 25.7 Å². The van der Waals surface area contributed by atoms with Gasteiger partial charge >= 0.3 is 5.97 Å². The average Bonchev–Trinajstić information content (AvgIpc) is 2.53. The minimum Gasteiger partial charge on any atom is -0.468 e. The van der Waals surface area contributed by atoms with E-state index in [-0.39, 0.29) is 12.0 Å². The smallest absolute Gasteiger partial charge is 0.323 e. The fourth-order valence-electron chi connectivity index (χ4n) is 2.22. The minimum absolute atomic E-state index is 0.0139. The minimum atomic E-state index is -0.0955. The highest BCUT2D eigenvalue weighted by atomic mass is 16.5. The Bertz CT molecular complexity index is 193. The first-order valence-corrected chi connectivity index (χ1v) is 4.07. The molecule has 1 aliphatic carbocycles. The Labute approximate surface area is 66.1 Å². The molecule has 11 heavy (non-hydrogen) atoms. The Morgan fingerprint density at radius 3 is 2.82 bits per heavy atom. The van der Waals surface area contributed by atoms with Crippen LogP contribution in [0.25, 0.3) is 0 Å². The fraction of sp³-hybridized carbons (Fsp3) is 0.875. The molecular weight excluding hydrogens is 142 g/mol. The monoisotopic (exact) mass is 155 g/mol. The Balaban J connectivity index is 2.01. The van der Waals surface area contributed by atoms with Crippen molar-refractivity contribution in [3.8, 4) is 0 Å². The number of carbonyl (C=O) groups excluding carboxylic acids is 1. The molecule has 3 nitrogen and oxygen atoms in total. The number of hydrogen-bond acceptors (Lipinski definition) is 3. The summed E-state index contributed by atoms with van der Waals surface area (Å²) in [5, 5.41) is 3.16. The van der Waals surface area contributed by atoms with Gasteiger partial charge in [-0.2, -0.15) is 0 Å². The SMILES string of the molecule is COC(=O)[C@H]1NCC2C(C)[C@@H]21. The Morgan fingerprint density at radius 2 is 2.36 bits per heavy atom. The maximum atomic E-state index is 11.1. The molecule has 0 bridgehead atoms. The van der Waals surface area contributed by atoms with Gasteiger partial charge in [-0.1, -0.05) is 6.92 Å². The molecule has 3 heteroatoms. The van der Waals surface area contributed by atoms with Gasteiger partial charge in [-0.3, -0.25) is 4.79 Å². The van der Waals surface area contributed by atoms with Crippen molar-refractivity contribution in [3.63, 3.8) is 0 Å². The molecule has 0 spiro atoms. The molecule has 0 amide bonds. The van der Waals surface area contributed by atoms with E-state index >= 15 is 0 Å². The van der Waals surface area contributed by atoms with Gasteiger partial charge in [-0.25, -0.2) is 0 Å². The van der Waals surface area contributed by atoms with Crippen molar-refractivity contribution in [2.45, 2.75) is 13.0 Å². The first kappa shape index (κ1) is 7.10. The van der Waals surface area contributed by atoms with Gasteiger partial charge in [0.15, 0.2) is 0 Å². The number of nitrogens with one attached hydrogen (secondary N) is 1. The van der Waals surface area contributed by atoms with Crippen molar-refractivity contribution in [1.29, 1.82) is 0 Å². The molecule has 2 aliphatic rings. The topological polar surface area (TPSA) is 38.3 Å². The van der Waals surface area contributed by atoms with Crippen LogP contribution in [0.1, 0.15) is 6.92 Å². The number of hydrogen-bond donors (Lipinski definition) is 1. The largest absolute Gasteiger partial charge is 0.468 e. The number of rotatable bonds is 1. The van der Waals surface area contributed by atoms with Gasteiger partial charge in [0.1, 0.15) is 6.04 Å². The zero-order chi connectivity index (χ0) is 8.01. The summed E-state index contributed by atoms with van der Waals surface area (Å²) in [6.45, 7) is 3.19. The van der Waals surface area contributed by atoms with Crippen LogP contribution in [-0.2, 0) is 9.53 Å². The lowest BCUT2D eigenvalue weighted by Gasteiger charge is -2.10. The zero-order valence-corrected chi connectivity index (χ0v) is 6.83. The molecule has 1 aliphatic heterocycles. The van der Waals surface area contributed by atoms with E-state index in [0.717, 1.165) is 18.4 Å². The predicted molar refractivity (Wildman–Crippen MR) is 40.0 cm³/mol. The maximum absolute atomic E-state index is 11.1. The van der Waals surface area contributed by atoms with Crippen molar-refractivity contribution in [3.05, 3.63) is 0 Å². The summed E-state index contributed by atoms with van der Waals surface area (Å²) in [5.41, 5.74) is 0. The normalized spacial score (nSPS) is 46.7. The number of fused-ring (bicyclic) bond motifs is 1. The van der Waals surface area contributed by atoms with Gasteiger partial charge in [0.05, 0.1) is 7.11 Å². The molecule has 4 atom stereocenters. The Hall–Kier alpha value is -0.570. The molecule has 2 fully saturated rings. The standard InChI is InChI=1S/C8H13NO2/c1-4-5-3-9-7(6(4)5)8(10)11-2/h4-7,9H,3H2,1-2H3/t4?,5?,6-,7-/m0/s1. The second-order valence-corrected chi connectivity index (χ2v) is 3.51. The predicted octanol–water partition coefficient (Wildman–Crippen LogP) is 0.0133. The van der Waals surface area contributed by atoms with Crippen molar-refractivity contribution >= 4 is 5.97 Å². The Kier molecular flexibility index (Phi) is 1.42. The van der Waals surface area contributed by atoms with Gasteiger partial charge in [-0.15, -0.1) is 0 Å². The van der Waals surface area contributed by atoms with Gasteiger partial charge in [0.2, 0.25) is 0 Å². The lowest BCUT2D eigenvalue weighted by Crippen LogP contribution is -2.36. The quantitative estimate of drug-likeness (QED) is 0.542. The van der Waals surface area contributed by atoms with Crippen LogP contribution in [0.3, 0.4) is 0 Å². The maximum Gasteiger partial charge on any atom is 0.323 e. The number of ether oxygens (including phenoxy) is 1. The first-order chi connectivity index (χ1) is 5.25. The second kappa shape index (κ2) is 2.21. The first-order valence-electron chi connectivity index (χ1n) is 4.07. The number of esters is 1. The molecule has 1 saturated heterocycles. The molecule has 0 radical (unpaired) electrons. The van der Waals surface area contributed by atoms with Crippen molar-refractivity contribution in [2.24, 2.45) is 17.8 Å². The summed E-state index contributed by atoms with van der Waals surface area (Å²) < 4.78 is 4.68. The highest BCUT2D eigenvalue weighted by Crippen LogP contribution is 2.51. The van der Waals surface area contributed by atoms with E-state index in [1.54, 1.807) is 0 Å². The number of carbonyl (C=O) groups is 1. The van der Waals surface area contributed by atoms with Crippen molar-refractivity contribution < 1.29 is 9.53 Å². The van der Waals surface area contributed by atoms with Crippen LogP contribution in [0.15, 0.2) is 0 Å². The van der Waals surface area contributed by atoms with E-state index in [1.165, 1.54) is 7.11 Å². The highest BCUT2D eigenvalue weighted by molar-refractivity contribution is 5.77. The molecule has 0 aromatic carbocycles. The van der Waals surface area contributed by atoms with Crippen molar-refractivity contribution in [1.82, 2.24) is 5.32 Å². The number of methoxy groups -OCH3 is 1. The highest BCUT2D eigenvalue weighted by Gasteiger charge is 2.57. The van der Waals surface area contributed by atoms with Crippen molar-refractivity contribution in [2.75, 3.05) is 13.7 Å². The lowest BCUT2D eigenvalue weighted by atomic mass is 10.2. The average molecular weight is 155 g/mol. The van der Waals surface area contributed by atoms with E-state index in [1.807, 2.05) is 0 Å². The molecular formula is C8H13NO2. The summed E-state index contributed by atoms with van der Waals surface area (Å²) in [4.78, 5) is 11.1. The molecule has 62 valence electrons. The van der Waals surface area contributed by atoms with Crippen LogP contribution >= 0.6 is 0 Å². The molecule has 0 aromatic rings. The summed E-state index contributed by atoms with van der Waals surface area (Å²) in [7, 11) is 1.45. The Morgan fingerprint density at radius 1 is 1.64 bits per heavy atom. The molecule has 1 heterocycles. The molecule has 2 unspecified atom stereocenters. The van der Waals surface area contributed by atoms with E-state index in [0.29, 0.717) is 5.92 Å². The molecule has 1 saturated carbocycles. The van der Waals surface area contributed by atoms with E-state index < -0.39 is 0 Å². The third kappa shape index (κ3) is 0.872. The van der Waals surface area contributed by atoms with E-state index in [4.69, 9.17) is 0 Å². The summed E-state index contributed by atoms with van der Waals surface area (Å²) in [6, 6.07) is -0.0139. The van der Waals surface area contributed by atoms with E-state index in [9.17, 15) is 4.79 Å². The number of piperidine rings is 1. The van der Waals surface area contributed by atoms with Crippen LogP contribution in [0.5, 0.6) is 0 Å². The lowest BCUT2D eigenvalue weighted by molar-refractivity contribution is -0.143.